The summed E-state index contributed by atoms with van der Waals surface area (Å²) >= 11 is 0. The Morgan fingerprint density at radius 1 is 1.17 bits per heavy atom. The zero-order chi connectivity index (χ0) is 16.7. The molecule has 1 aliphatic rings. The van der Waals surface area contributed by atoms with Crippen molar-refractivity contribution >= 4 is 11.6 Å². The molecule has 0 spiro atoms. The normalized spacial score (nSPS) is 15.7. The van der Waals surface area contributed by atoms with Gasteiger partial charge in [0.15, 0.2) is 0 Å². The third-order valence-electron chi connectivity index (χ3n) is 4.32. The maximum Gasteiger partial charge on any atom is 0.253 e. The van der Waals surface area contributed by atoms with Gasteiger partial charge in [-0.1, -0.05) is 0 Å². The fraction of sp³-hybridized carbons (Fsp3) is 0.611. The molecule has 1 saturated heterocycles. The molecule has 2 rings (SSSR count). The molecular weight excluding hydrogens is 292 g/mol. The summed E-state index contributed by atoms with van der Waals surface area (Å²) in [6.45, 7) is 3.68. The summed E-state index contributed by atoms with van der Waals surface area (Å²) in [6.07, 6.45) is 2.02. The van der Waals surface area contributed by atoms with E-state index in [1.165, 1.54) is 0 Å². The van der Waals surface area contributed by atoms with E-state index in [-0.39, 0.29) is 5.91 Å². The van der Waals surface area contributed by atoms with Gasteiger partial charge in [0, 0.05) is 52.2 Å². The minimum absolute atomic E-state index is 0.133. The number of likely N-dealkylation sites (tertiary alicyclic amines) is 1. The molecule has 0 aromatic heterocycles. The first-order chi connectivity index (χ1) is 11.1. The summed E-state index contributed by atoms with van der Waals surface area (Å²) in [5.41, 5.74) is 1.87. The molecule has 1 aromatic rings. The van der Waals surface area contributed by atoms with Crippen LogP contribution in [-0.2, 0) is 9.47 Å². The molecule has 23 heavy (non-hydrogen) atoms. The van der Waals surface area contributed by atoms with Crippen LogP contribution in [0.4, 0.5) is 5.69 Å². The molecule has 1 fully saturated rings. The van der Waals surface area contributed by atoms with Crippen LogP contribution in [-0.4, -0.2) is 64.9 Å². The zero-order valence-corrected chi connectivity index (χ0v) is 14.5. The van der Waals surface area contributed by atoms with Crippen LogP contribution >= 0.6 is 0 Å². The number of ether oxygens (including phenoxy) is 2. The van der Waals surface area contributed by atoms with Crippen LogP contribution < -0.4 is 4.90 Å². The van der Waals surface area contributed by atoms with Crippen LogP contribution in [0.3, 0.4) is 0 Å². The standard InChI is InChI=1S/C18H28N2O3/c1-19(2)17-6-4-16(5-7-17)18(21)20-10-8-15(9-11-20)14-23-13-12-22-3/h4-7,15H,8-14H2,1-3H3. The summed E-state index contributed by atoms with van der Waals surface area (Å²) in [6, 6.07) is 7.81. The van der Waals surface area contributed by atoms with Crippen LogP contribution in [0.25, 0.3) is 0 Å². The van der Waals surface area contributed by atoms with Gasteiger partial charge in [0.05, 0.1) is 13.2 Å². The van der Waals surface area contributed by atoms with E-state index in [9.17, 15) is 4.79 Å². The molecule has 1 aliphatic heterocycles. The van der Waals surface area contributed by atoms with E-state index in [4.69, 9.17) is 9.47 Å². The third-order valence-corrected chi connectivity index (χ3v) is 4.32. The lowest BCUT2D eigenvalue weighted by atomic mass is 9.97. The molecule has 1 amide bonds. The van der Waals surface area contributed by atoms with Crippen molar-refractivity contribution in [1.82, 2.24) is 4.90 Å². The number of rotatable bonds is 7. The van der Waals surface area contributed by atoms with E-state index in [0.29, 0.717) is 19.1 Å². The van der Waals surface area contributed by atoms with Crippen molar-refractivity contribution in [1.29, 1.82) is 0 Å². The highest BCUT2D eigenvalue weighted by molar-refractivity contribution is 5.94. The molecule has 0 aliphatic carbocycles. The number of carbonyl (C=O) groups excluding carboxylic acids is 1. The van der Waals surface area contributed by atoms with Crippen molar-refractivity contribution in [3.05, 3.63) is 29.8 Å². The van der Waals surface area contributed by atoms with Crippen LogP contribution in [0.15, 0.2) is 24.3 Å². The van der Waals surface area contributed by atoms with E-state index in [1.54, 1.807) is 7.11 Å². The Labute approximate surface area is 139 Å². The number of methoxy groups -OCH3 is 1. The van der Waals surface area contributed by atoms with Crippen molar-refractivity contribution in [3.8, 4) is 0 Å². The zero-order valence-electron chi connectivity index (χ0n) is 14.5. The smallest absolute Gasteiger partial charge is 0.253 e. The molecule has 128 valence electrons. The average Bonchev–Trinajstić information content (AvgIpc) is 2.59. The lowest BCUT2D eigenvalue weighted by molar-refractivity contribution is 0.0327. The average molecular weight is 320 g/mol. The molecule has 0 N–H and O–H groups in total. The molecule has 5 heteroatoms. The van der Waals surface area contributed by atoms with Crippen LogP contribution in [0.5, 0.6) is 0 Å². The topological polar surface area (TPSA) is 42.0 Å². The first kappa shape index (κ1) is 17.8. The molecule has 0 saturated carbocycles. The maximum atomic E-state index is 12.6. The summed E-state index contributed by atoms with van der Waals surface area (Å²) in [7, 11) is 5.67. The Balaban J connectivity index is 1.79. The predicted octanol–water partition coefficient (Wildman–Crippen LogP) is 2.27. The highest BCUT2D eigenvalue weighted by Crippen LogP contribution is 2.20. The molecule has 0 bridgehead atoms. The van der Waals surface area contributed by atoms with Gasteiger partial charge in [-0.05, 0) is 43.0 Å². The monoisotopic (exact) mass is 320 g/mol. The first-order valence-electron chi connectivity index (χ1n) is 8.25. The van der Waals surface area contributed by atoms with Gasteiger partial charge in [-0.25, -0.2) is 0 Å². The van der Waals surface area contributed by atoms with Gasteiger partial charge >= 0.3 is 0 Å². The minimum Gasteiger partial charge on any atom is -0.382 e. The molecule has 0 atom stereocenters. The Kier molecular flexibility index (Phi) is 6.86. The number of benzene rings is 1. The second-order valence-corrected chi connectivity index (χ2v) is 6.24. The lowest BCUT2D eigenvalue weighted by Gasteiger charge is -2.32. The van der Waals surface area contributed by atoms with Crippen molar-refractivity contribution in [3.63, 3.8) is 0 Å². The van der Waals surface area contributed by atoms with Crippen LogP contribution in [0, 0.1) is 5.92 Å². The van der Waals surface area contributed by atoms with Gasteiger partial charge < -0.3 is 19.3 Å². The Morgan fingerprint density at radius 2 is 1.83 bits per heavy atom. The predicted molar refractivity (Wildman–Crippen MR) is 92.1 cm³/mol. The molecule has 1 heterocycles. The van der Waals surface area contributed by atoms with Crippen molar-refractivity contribution in [2.45, 2.75) is 12.8 Å². The maximum absolute atomic E-state index is 12.6. The van der Waals surface area contributed by atoms with Gasteiger partial charge in [-0.15, -0.1) is 0 Å². The van der Waals surface area contributed by atoms with E-state index in [1.807, 2.05) is 48.2 Å². The molecular formula is C18H28N2O3. The fourth-order valence-corrected chi connectivity index (χ4v) is 2.78. The van der Waals surface area contributed by atoms with Crippen molar-refractivity contribution < 1.29 is 14.3 Å². The first-order valence-corrected chi connectivity index (χ1v) is 8.25. The highest BCUT2D eigenvalue weighted by atomic mass is 16.5. The van der Waals surface area contributed by atoms with E-state index in [2.05, 4.69) is 0 Å². The number of anilines is 1. The SMILES string of the molecule is COCCOCC1CCN(C(=O)c2ccc(N(C)C)cc2)CC1. The highest BCUT2D eigenvalue weighted by Gasteiger charge is 2.23. The molecule has 5 nitrogen and oxygen atoms in total. The van der Waals surface area contributed by atoms with E-state index in [0.717, 1.165) is 43.8 Å². The number of hydrogen-bond donors (Lipinski definition) is 0. The number of hydrogen-bond acceptors (Lipinski definition) is 4. The Bertz CT molecular complexity index is 480. The summed E-state index contributed by atoms with van der Waals surface area (Å²) in [5, 5.41) is 0. The van der Waals surface area contributed by atoms with Gasteiger partial charge in [0.1, 0.15) is 0 Å². The second kappa shape index (κ2) is 8.89. The van der Waals surface area contributed by atoms with Gasteiger partial charge in [-0.3, -0.25) is 4.79 Å². The van der Waals surface area contributed by atoms with Crippen LogP contribution in [0.2, 0.25) is 0 Å². The summed E-state index contributed by atoms with van der Waals surface area (Å²) in [4.78, 5) is 16.5. The molecule has 0 unspecified atom stereocenters. The number of amides is 1. The second-order valence-electron chi connectivity index (χ2n) is 6.24. The number of piperidine rings is 1. The summed E-state index contributed by atoms with van der Waals surface area (Å²) in [5.74, 6) is 0.682. The van der Waals surface area contributed by atoms with E-state index < -0.39 is 0 Å². The van der Waals surface area contributed by atoms with E-state index >= 15 is 0 Å². The minimum atomic E-state index is 0.133. The van der Waals surface area contributed by atoms with Crippen LogP contribution in [0.1, 0.15) is 23.2 Å². The van der Waals surface area contributed by atoms with Gasteiger partial charge in [-0.2, -0.15) is 0 Å². The third kappa shape index (κ3) is 5.22. The quantitative estimate of drug-likeness (QED) is 0.723. The van der Waals surface area contributed by atoms with Gasteiger partial charge in [0.25, 0.3) is 5.91 Å². The summed E-state index contributed by atoms with van der Waals surface area (Å²) < 4.78 is 10.6. The Morgan fingerprint density at radius 3 is 2.39 bits per heavy atom. The number of carbonyl (C=O) groups is 1. The largest absolute Gasteiger partial charge is 0.382 e. The molecule has 1 aromatic carbocycles. The number of nitrogens with zero attached hydrogens (tertiary/aromatic N) is 2. The van der Waals surface area contributed by atoms with Crippen molar-refractivity contribution in [2.75, 3.05) is 59.0 Å². The van der Waals surface area contributed by atoms with Gasteiger partial charge in [0.2, 0.25) is 0 Å². The lowest BCUT2D eigenvalue weighted by Crippen LogP contribution is -2.39. The molecule has 0 radical (unpaired) electrons. The van der Waals surface area contributed by atoms with Crippen molar-refractivity contribution in [2.24, 2.45) is 5.92 Å². The fourth-order valence-electron chi connectivity index (χ4n) is 2.78. The Hall–Kier alpha value is -1.59.